The summed E-state index contributed by atoms with van der Waals surface area (Å²) in [4.78, 5) is 22.5. The minimum absolute atomic E-state index is 0.0240. The van der Waals surface area contributed by atoms with Crippen LogP contribution in [0.4, 0.5) is 17.1 Å². The standard InChI is InChI=1S/C24H19BrClN3O4S/c25-14-7-10-18-16(11-14)22-17(24(27-18)13-5-8-15(9-6-13)28(30)31)12-21(23(22)26)34-20-4-2-1-3-19(20)29(32)33/h1-11,17,21-24,27H,12H2. The van der Waals surface area contributed by atoms with E-state index in [-0.39, 0.29) is 44.8 Å². The van der Waals surface area contributed by atoms with Crippen LogP contribution in [-0.4, -0.2) is 20.5 Å². The normalized spacial score (nSPS) is 25.2. The number of alkyl halides is 1. The summed E-state index contributed by atoms with van der Waals surface area (Å²) < 4.78 is 0.958. The number of hydrogen-bond donors (Lipinski definition) is 1. The molecule has 0 bridgehead atoms. The molecular weight excluding hydrogens is 542 g/mol. The van der Waals surface area contributed by atoms with Crippen LogP contribution in [-0.2, 0) is 0 Å². The lowest BCUT2D eigenvalue weighted by molar-refractivity contribution is -0.387. The molecule has 5 atom stereocenters. The highest BCUT2D eigenvalue weighted by molar-refractivity contribution is 9.10. The largest absolute Gasteiger partial charge is 0.378 e. The van der Waals surface area contributed by atoms with Gasteiger partial charge in [-0.3, -0.25) is 20.2 Å². The van der Waals surface area contributed by atoms with Crippen molar-refractivity contribution in [1.29, 1.82) is 0 Å². The maximum atomic E-state index is 11.5. The van der Waals surface area contributed by atoms with Crippen LogP contribution in [0.3, 0.4) is 0 Å². The van der Waals surface area contributed by atoms with Gasteiger partial charge in [-0.2, -0.15) is 0 Å². The van der Waals surface area contributed by atoms with Gasteiger partial charge in [-0.05, 0) is 47.7 Å². The molecule has 1 aliphatic heterocycles. The number of fused-ring (bicyclic) bond motifs is 3. The van der Waals surface area contributed by atoms with Crippen LogP contribution in [0.15, 0.2) is 76.1 Å². The molecule has 1 aliphatic carbocycles. The van der Waals surface area contributed by atoms with E-state index in [2.05, 4.69) is 27.3 Å². The van der Waals surface area contributed by atoms with Crippen molar-refractivity contribution >= 4 is 56.4 Å². The molecule has 5 unspecified atom stereocenters. The quantitative estimate of drug-likeness (QED) is 0.200. The maximum absolute atomic E-state index is 11.5. The Balaban J connectivity index is 1.52. The minimum atomic E-state index is -0.405. The van der Waals surface area contributed by atoms with Crippen molar-refractivity contribution in [2.45, 2.75) is 33.9 Å². The fourth-order valence-electron chi connectivity index (χ4n) is 5.09. The second-order valence-electron chi connectivity index (χ2n) is 8.45. The van der Waals surface area contributed by atoms with Crippen molar-refractivity contribution in [3.05, 3.63) is 103 Å². The summed E-state index contributed by atoms with van der Waals surface area (Å²) in [5, 5.41) is 26.0. The van der Waals surface area contributed by atoms with E-state index in [4.69, 9.17) is 11.6 Å². The summed E-state index contributed by atoms with van der Waals surface area (Å²) in [5.41, 5.74) is 3.18. The molecular formula is C24H19BrClN3O4S. The Bertz CT molecular complexity index is 1280. The third-order valence-corrected chi connectivity index (χ3v) is 9.19. The molecule has 34 heavy (non-hydrogen) atoms. The number of nitrogens with zero attached hydrogens (tertiary/aromatic N) is 2. The number of nitrogens with one attached hydrogen (secondary N) is 1. The number of nitro benzene ring substituents is 2. The monoisotopic (exact) mass is 559 g/mol. The van der Waals surface area contributed by atoms with Crippen molar-refractivity contribution in [2.24, 2.45) is 5.92 Å². The van der Waals surface area contributed by atoms with Gasteiger partial charge < -0.3 is 5.32 Å². The van der Waals surface area contributed by atoms with Crippen molar-refractivity contribution in [1.82, 2.24) is 0 Å². The highest BCUT2D eigenvalue weighted by atomic mass is 79.9. The van der Waals surface area contributed by atoms with E-state index >= 15 is 0 Å². The number of benzene rings is 3. The molecule has 3 aromatic carbocycles. The lowest BCUT2D eigenvalue weighted by Crippen LogP contribution is -2.31. The molecule has 3 aromatic rings. The number of thioether (sulfide) groups is 1. The average molecular weight is 561 g/mol. The number of rotatable bonds is 5. The first-order chi connectivity index (χ1) is 16.3. The summed E-state index contributed by atoms with van der Waals surface area (Å²) in [5.74, 6) is 0.141. The van der Waals surface area contributed by atoms with Crippen LogP contribution >= 0.6 is 39.3 Å². The molecule has 1 heterocycles. The number of halogens is 2. The molecule has 2 aliphatic rings. The Morgan fingerprint density at radius 3 is 2.44 bits per heavy atom. The van der Waals surface area contributed by atoms with E-state index in [1.54, 1.807) is 30.3 Å². The molecule has 174 valence electrons. The summed E-state index contributed by atoms with van der Waals surface area (Å²) >= 11 is 12.1. The first-order valence-corrected chi connectivity index (χ1v) is 12.8. The SMILES string of the molecule is O=[N+]([O-])c1ccc(C2Nc3ccc(Br)cc3C3C(Cl)C(Sc4ccccc4[N+](=O)[O-])CC23)cc1. The highest BCUT2D eigenvalue weighted by Crippen LogP contribution is 2.58. The lowest BCUT2D eigenvalue weighted by atomic mass is 9.77. The zero-order valence-corrected chi connectivity index (χ0v) is 20.8. The van der Waals surface area contributed by atoms with Crippen molar-refractivity contribution in [3.8, 4) is 0 Å². The Morgan fingerprint density at radius 2 is 1.74 bits per heavy atom. The third kappa shape index (κ3) is 4.16. The Morgan fingerprint density at radius 1 is 1.00 bits per heavy atom. The highest BCUT2D eigenvalue weighted by Gasteiger charge is 2.50. The summed E-state index contributed by atoms with van der Waals surface area (Å²) in [7, 11) is 0. The molecule has 0 saturated heterocycles. The van der Waals surface area contributed by atoms with Crippen LogP contribution < -0.4 is 5.32 Å². The molecule has 10 heteroatoms. The van der Waals surface area contributed by atoms with Gasteiger partial charge in [0.25, 0.3) is 11.4 Å². The zero-order valence-electron chi connectivity index (χ0n) is 17.6. The second kappa shape index (κ2) is 9.20. The van der Waals surface area contributed by atoms with Gasteiger partial charge in [-0.1, -0.05) is 40.2 Å². The minimum Gasteiger partial charge on any atom is -0.378 e. The number of para-hydroxylation sites is 1. The summed E-state index contributed by atoms with van der Waals surface area (Å²) in [6, 6.07) is 19.4. The Labute approximate surface area is 213 Å². The second-order valence-corrected chi connectivity index (χ2v) is 11.2. The van der Waals surface area contributed by atoms with Crippen LogP contribution in [0, 0.1) is 26.1 Å². The fourth-order valence-corrected chi connectivity index (χ4v) is 7.41. The van der Waals surface area contributed by atoms with E-state index in [1.165, 1.54) is 30.0 Å². The van der Waals surface area contributed by atoms with Crippen LogP contribution in [0.1, 0.15) is 29.5 Å². The fraction of sp³-hybridized carbons (Fsp3) is 0.250. The van der Waals surface area contributed by atoms with Gasteiger partial charge in [0.15, 0.2) is 0 Å². The Kier molecular flexibility index (Phi) is 6.26. The van der Waals surface area contributed by atoms with Gasteiger partial charge in [-0.25, -0.2) is 0 Å². The zero-order chi connectivity index (χ0) is 24.0. The number of non-ortho nitro benzene ring substituents is 1. The third-order valence-electron chi connectivity index (χ3n) is 6.58. The molecule has 0 radical (unpaired) electrons. The number of anilines is 1. The van der Waals surface area contributed by atoms with E-state index in [0.29, 0.717) is 4.90 Å². The molecule has 0 amide bonds. The first kappa shape index (κ1) is 23.1. The van der Waals surface area contributed by atoms with Gasteiger partial charge in [0.05, 0.1) is 26.2 Å². The molecule has 0 aromatic heterocycles. The van der Waals surface area contributed by atoms with Crippen molar-refractivity contribution in [3.63, 3.8) is 0 Å². The van der Waals surface area contributed by atoms with E-state index < -0.39 is 4.92 Å². The molecule has 1 N–H and O–H groups in total. The summed E-state index contributed by atoms with van der Waals surface area (Å²) in [6.07, 6.45) is 0.746. The van der Waals surface area contributed by atoms with Gasteiger partial charge in [0, 0.05) is 39.5 Å². The van der Waals surface area contributed by atoms with E-state index in [0.717, 1.165) is 27.7 Å². The molecule has 0 spiro atoms. The van der Waals surface area contributed by atoms with Crippen molar-refractivity contribution in [2.75, 3.05) is 5.32 Å². The van der Waals surface area contributed by atoms with E-state index in [1.807, 2.05) is 12.1 Å². The molecule has 1 saturated carbocycles. The topological polar surface area (TPSA) is 98.3 Å². The smallest absolute Gasteiger partial charge is 0.282 e. The van der Waals surface area contributed by atoms with Crippen molar-refractivity contribution < 1.29 is 9.85 Å². The van der Waals surface area contributed by atoms with Crippen LogP contribution in [0.25, 0.3) is 0 Å². The molecule has 7 nitrogen and oxygen atoms in total. The van der Waals surface area contributed by atoms with Crippen LogP contribution in [0.2, 0.25) is 0 Å². The predicted molar refractivity (Wildman–Crippen MR) is 137 cm³/mol. The Hall–Kier alpha value is -2.62. The first-order valence-electron chi connectivity index (χ1n) is 10.7. The van der Waals surface area contributed by atoms with Gasteiger partial charge >= 0.3 is 0 Å². The van der Waals surface area contributed by atoms with E-state index in [9.17, 15) is 20.2 Å². The number of hydrogen-bond acceptors (Lipinski definition) is 6. The maximum Gasteiger partial charge on any atom is 0.282 e. The van der Waals surface area contributed by atoms with Gasteiger partial charge in [0.1, 0.15) is 0 Å². The van der Waals surface area contributed by atoms with Gasteiger partial charge in [-0.15, -0.1) is 23.4 Å². The number of nitro groups is 2. The molecule has 5 rings (SSSR count). The van der Waals surface area contributed by atoms with Gasteiger partial charge in [0.2, 0.25) is 0 Å². The average Bonchev–Trinajstić information content (AvgIpc) is 3.15. The molecule has 1 fully saturated rings. The lowest BCUT2D eigenvalue weighted by Gasteiger charge is -2.38. The van der Waals surface area contributed by atoms with Crippen LogP contribution in [0.5, 0.6) is 0 Å². The predicted octanol–water partition coefficient (Wildman–Crippen LogP) is 7.30. The summed E-state index contributed by atoms with van der Waals surface area (Å²) in [6.45, 7) is 0.